The van der Waals surface area contributed by atoms with E-state index >= 15 is 0 Å². The van der Waals surface area contributed by atoms with Gasteiger partial charge in [-0.25, -0.2) is 0 Å². The molecular formula is C109H136O8. The second kappa shape index (κ2) is 35.1. The second-order valence-corrected chi connectivity index (χ2v) is 38.2. The molecule has 13 unspecified atom stereocenters. The summed E-state index contributed by atoms with van der Waals surface area (Å²) in [7, 11) is 0. The van der Waals surface area contributed by atoms with E-state index in [1.807, 2.05) is 36.4 Å². The minimum atomic E-state index is -0.288. The summed E-state index contributed by atoms with van der Waals surface area (Å²) in [5.41, 5.74) is 26.1. The fourth-order valence-corrected chi connectivity index (χ4v) is 21.9. The number of epoxide rings is 1. The van der Waals surface area contributed by atoms with Gasteiger partial charge in [0.15, 0.2) is 0 Å². The van der Waals surface area contributed by atoms with E-state index in [9.17, 15) is 15.3 Å². The van der Waals surface area contributed by atoms with Crippen LogP contribution in [0.15, 0.2) is 194 Å². The molecule has 1 aliphatic heterocycles. The summed E-state index contributed by atoms with van der Waals surface area (Å²) in [6, 6.07) is 67.2. The number of rotatable bonds is 18. The van der Waals surface area contributed by atoms with Crippen LogP contribution >= 0.6 is 0 Å². The highest BCUT2D eigenvalue weighted by atomic mass is 16.6. The lowest BCUT2D eigenvalue weighted by molar-refractivity contribution is 0.0775. The zero-order chi connectivity index (χ0) is 83.8. The van der Waals surface area contributed by atoms with Crippen molar-refractivity contribution in [3.63, 3.8) is 0 Å². The van der Waals surface area contributed by atoms with Crippen molar-refractivity contribution < 1.29 is 39.0 Å². The Morgan fingerprint density at radius 1 is 0.393 bits per heavy atom. The Balaban J connectivity index is 0.000000136. The van der Waals surface area contributed by atoms with Crippen molar-refractivity contribution in [1.29, 1.82) is 0 Å². The van der Waals surface area contributed by atoms with E-state index in [2.05, 4.69) is 291 Å². The number of allylic oxidation sites excluding steroid dienone is 3. The minimum Gasteiger partial charge on any atom is -0.508 e. The van der Waals surface area contributed by atoms with Gasteiger partial charge in [-0.3, -0.25) is 0 Å². The van der Waals surface area contributed by atoms with Crippen LogP contribution in [0.1, 0.15) is 283 Å². The quantitative estimate of drug-likeness (QED) is 0.0576. The predicted octanol–water partition coefficient (Wildman–Crippen LogP) is 28.7. The van der Waals surface area contributed by atoms with Gasteiger partial charge in [0.05, 0.1) is 24.4 Å². The maximum Gasteiger partial charge on any atom is 0.128 e. The van der Waals surface area contributed by atoms with Crippen molar-refractivity contribution in [2.24, 2.45) is 51.8 Å². The van der Waals surface area contributed by atoms with Crippen molar-refractivity contribution in [1.82, 2.24) is 0 Å². The number of phenols is 3. The summed E-state index contributed by atoms with van der Waals surface area (Å²) in [4.78, 5) is 0. The molecule has 7 aliphatic rings. The number of aromatic hydroxyl groups is 3. The molecule has 8 nitrogen and oxygen atoms in total. The van der Waals surface area contributed by atoms with Gasteiger partial charge in [-0.1, -0.05) is 158 Å². The predicted molar refractivity (Wildman–Crippen MR) is 485 cm³/mol. The van der Waals surface area contributed by atoms with Crippen LogP contribution in [0.3, 0.4) is 0 Å². The molecule has 13 atom stereocenters. The van der Waals surface area contributed by atoms with Crippen LogP contribution in [0.5, 0.6) is 40.2 Å². The molecule has 5 saturated carbocycles. The van der Waals surface area contributed by atoms with Crippen LogP contribution in [0.25, 0.3) is 22.3 Å². The Kier molecular flexibility index (Phi) is 25.8. The van der Waals surface area contributed by atoms with Gasteiger partial charge in [0.1, 0.15) is 51.4 Å². The summed E-state index contributed by atoms with van der Waals surface area (Å²) >= 11 is 0. The normalized spacial score (nSPS) is 26.9. The first-order valence-corrected chi connectivity index (χ1v) is 44.4. The summed E-state index contributed by atoms with van der Waals surface area (Å²) in [5, 5.41) is 29.3. The zero-order valence-electron chi connectivity index (χ0n) is 74.5. The standard InChI is InChI=1S/C31H38O.C26H32O3.C26H34O2.C26H32O2/c1-10-28(29-17-11-20(4)22(6)24(29)8)31(30-18-12-21(5)23(7)25(30)9)26-13-15-27(16-14-26)32-19(2)3;1-17(2)28-23-13-9-20(10-14-23)26-16-24(4)18(3)5-6-21(24)15-25(26,29-26)19-7-11-22(27)12-8-19;2*1-17(2)28-23-13-8-20(9-14-23)25-16-26(4)18(3)5-10-21(26)15-24(25)19-6-11-22(27)12-7-19/h11-19H,10H2,1-9H3;7-14,17-18,21,27H,5-6,15-16H2,1-4H3;6-9,11-14,17-18,21,24-25,27H,5,10,15-16H2,1-4H3;6-9,11-14,17-18,21,27H,5,10,15-16H2,1-4H3/b31-28+;;;. The number of benzene rings is 9. The molecule has 3 N–H and O–H groups in total. The van der Waals surface area contributed by atoms with Gasteiger partial charge in [-0.05, 0) is 435 Å². The van der Waals surface area contributed by atoms with Gasteiger partial charge >= 0.3 is 0 Å². The number of hydrogen-bond donors (Lipinski definition) is 3. The lowest BCUT2D eigenvalue weighted by atomic mass is 9.57. The molecular weight excluding hydrogens is 1440 g/mol. The minimum absolute atomic E-state index is 0.168. The second-order valence-electron chi connectivity index (χ2n) is 38.2. The third-order valence-corrected chi connectivity index (χ3v) is 29.9. The summed E-state index contributed by atoms with van der Waals surface area (Å²) in [6.07, 6.45) is 16.5. The highest BCUT2D eigenvalue weighted by Gasteiger charge is 2.77. The van der Waals surface area contributed by atoms with Gasteiger partial charge in [0.2, 0.25) is 0 Å². The molecule has 16 rings (SSSR count). The molecule has 6 aliphatic carbocycles. The molecule has 6 fully saturated rings. The number of fused-ring (bicyclic) bond motifs is 4. The first-order valence-electron chi connectivity index (χ1n) is 44.4. The third-order valence-electron chi connectivity index (χ3n) is 29.9. The fraction of sp³-hybridized carbons (Fsp3) is 0.468. The van der Waals surface area contributed by atoms with Crippen LogP contribution in [0.4, 0.5) is 0 Å². The highest BCUT2D eigenvalue weighted by molar-refractivity contribution is 6.00. The molecule has 9 aromatic rings. The van der Waals surface area contributed by atoms with Crippen LogP contribution in [0, 0.1) is 93.3 Å². The number of hydrogen-bond acceptors (Lipinski definition) is 8. The molecule has 0 amide bonds. The SMILES string of the molecule is CC(C)Oc1ccc(C23CC4(C)C(C)CCC4CC2(c2ccc(O)cc2)O3)cc1.CC(C)Oc1ccc(C2=C(c3ccc(O)cc3)CC3CCC(C)C3(C)C2)cc1.CC(C)Oc1ccc(C2CC3(C)C(C)CCC3CC2c2ccc(O)cc2)cc1.CC/C(=C(/c1ccc(OC(C)C)cc1)c1ccc(C)c(C)c1C)c1ccc(C)c(C)c1C. The van der Waals surface area contributed by atoms with Gasteiger partial charge in [0.25, 0.3) is 0 Å². The van der Waals surface area contributed by atoms with Crippen molar-refractivity contribution in [2.45, 2.75) is 276 Å². The first kappa shape index (κ1) is 85.9. The molecule has 1 heterocycles. The first-order chi connectivity index (χ1) is 55.7. The Bertz CT molecular complexity index is 4950. The average molecular weight is 1570 g/mol. The van der Waals surface area contributed by atoms with Gasteiger partial charge < -0.3 is 39.0 Å². The van der Waals surface area contributed by atoms with Gasteiger partial charge in [-0.2, -0.15) is 0 Å². The van der Waals surface area contributed by atoms with E-state index in [1.54, 1.807) is 12.1 Å². The molecule has 1 saturated heterocycles. The van der Waals surface area contributed by atoms with E-state index in [0.717, 1.165) is 84.7 Å². The topological polar surface area (TPSA) is 110 Å². The lowest BCUT2D eigenvalue weighted by Crippen LogP contribution is -2.42. The molecule has 0 radical (unpaired) electrons. The summed E-state index contributed by atoms with van der Waals surface area (Å²) < 4.78 is 30.3. The molecule has 8 heteroatoms. The van der Waals surface area contributed by atoms with Crippen LogP contribution in [-0.2, 0) is 15.9 Å². The number of ether oxygens (including phenoxy) is 5. The molecule has 9 aromatic carbocycles. The summed E-state index contributed by atoms with van der Waals surface area (Å²) in [6.45, 7) is 47.0. The van der Waals surface area contributed by atoms with Crippen molar-refractivity contribution in [2.75, 3.05) is 0 Å². The maximum atomic E-state index is 9.81. The maximum absolute atomic E-state index is 9.81. The largest absolute Gasteiger partial charge is 0.508 e. The van der Waals surface area contributed by atoms with Crippen LogP contribution in [0.2, 0.25) is 0 Å². The summed E-state index contributed by atoms with van der Waals surface area (Å²) in [5.74, 6) is 10.2. The number of aryl methyl sites for hydroxylation is 2. The average Bonchev–Trinajstić information content (AvgIpc) is 1.48. The fourth-order valence-electron chi connectivity index (χ4n) is 21.9. The molecule has 0 aromatic heterocycles. The van der Waals surface area contributed by atoms with E-state index in [0.29, 0.717) is 51.2 Å². The molecule has 0 bridgehead atoms. The van der Waals surface area contributed by atoms with E-state index in [-0.39, 0.29) is 35.6 Å². The zero-order valence-corrected chi connectivity index (χ0v) is 74.5. The van der Waals surface area contributed by atoms with Crippen LogP contribution < -0.4 is 18.9 Å². The molecule has 0 spiro atoms. The highest BCUT2D eigenvalue weighted by Crippen LogP contribution is 2.77. The lowest BCUT2D eigenvalue weighted by Gasteiger charge is -2.48. The monoisotopic (exact) mass is 1570 g/mol. The molecule has 117 heavy (non-hydrogen) atoms. The van der Waals surface area contributed by atoms with Crippen molar-refractivity contribution >= 4 is 22.3 Å². The Labute approximate surface area is 703 Å². The third kappa shape index (κ3) is 17.7. The Morgan fingerprint density at radius 3 is 1.31 bits per heavy atom. The molecule has 620 valence electrons. The van der Waals surface area contributed by atoms with Crippen molar-refractivity contribution in [3.8, 4) is 40.2 Å². The van der Waals surface area contributed by atoms with Crippen LogP contribution in [-0.4, -0.2) is 39.7 Å². The smallest absolute Gasteiger partial charge is 0.128 e. The van der Waals surface area contributed by atoms with Gasteiger partial charge in [0, 0.05) is 0 Å². The van der Waals surface area contributed by atoms with Crippen molar-refractivity contribution in [3.05, 3.63) is 278 Å². The Hall–Kier alpha value is -8.98. The number of phenolic OH excluding ortho intramolecular Hbond substituents is 3. The van der Waals surface area contributed by atoms with Gasteiger partial charge in [-0.15, -0.1) is 0 Å². The van der Waals surface area contributed by atoms with E-state index < -0.39 is 0 Å². The van der Waals surface area contributed by atoms with E-state index in [1.165, 1.54) is 157 Å². The van der Waals surface area contributed by atoms with E-state index in [4.69, 9.17) is 23.7 Å². The Morgan fingerprint density at radius 2 is 0.786 bits per heavy atom.